The number of piperidine rings is 1. The number of thioether (sulfide) groups is 1. The molecule has 1 aromatic heterocycles. The Balaban J connectivity index is 1.04. The summed E-state index contributed by atoms with van der Waals surface area (Å²) in [5.74, 6) is 0.411. The van der Waals surface area contributed by atoms with E-state index in [4.69, 9.17) is 11.6 Å². The SMILES string of the molecule is CN(C)CC[C@H](CSc1ccccc1)Nc1ccc(S(=O)(=O)Nc2ncnc3c2CCN(C2CCN(Cc4ccccc4-c4ccc(Cl)cc4)CC2)C3)cc1S(=O)(=O)C(F)(F)F. The molecule has 0 aliphatic carbocycles. The van der Waals surface area contributed by atoms with E-state index in [1.54, 1.807) is 0 Å². The highest BCUT2D eigenvalue weighted by atomic mass is 35.5. The molecule has 1 saturated heterocycles. The average Bonchev–Trinajstić information content (AvgIpc) is 3.25. The monoisotopic (exact) mass is 927 g/mol. The Hall–Kier alpha value is -4.23. The van der Waals surface area contributed by atoms with Gasteiger partial charge in [0.2, 0.25) is 0 Å². The van der Waals surface area contributed by atoms with E-state index in [1.165, 1.54) is 29.2 Å². The maximum absolute atomic E-state index is 14.2. The number of hydrogen-bond acceptors (Lipinski definition) is 11. The van der Waals surface area contributed by atoms with Crippen molar-refractivity contribution in [3.8, 4) is 11.1 Å². The molecule has 11 nitrogen and oxygen atoms in total. The molecule has 0 saturated carbocycles. The fourth-order valence-corrected chi connectivity index (χ4v) is 11.1. The standard InChI is InChI=1S/C44H49ClF3N7O4S3/c1-53(2)22-18-34(29-60-36-9-4-3-5-10-36)51-40-17-16-37(26-42(40)61(56,57)44(46,47)48)62(58,59)52-43-39-21-25-55(28-41(39)49-30-50-43)35-19-23-54(24-20-35)27-32-8-6-7-11-38(32)31-12-14-33(45)15-13-31/h3-17,26,30,34-35,51H,18-25,27-29H2,1-2H3,(H,49,50,52)/t34-/m1/s1. The lowest BCUT2D eigenvalue weighted by molar-refractivity contribution is -0.0435. The van der Waals surface area contributed by atoms with Gasteiger partial charge in [0.15, 0.2) is 0 Å². The molecule has 3 heterocycles. The predicted octanol–water partition coefficient (Wildman–Crippen LogP) is 8.44. The highest BCUT2D eigenvalue weighted by molar-refractivity contribution is 7.99. The molecule has 0 spiro atoms. The summed E-state index contributed by atoms with van der Waals surface area (Å²) in [7, 11) is -6.88. The van der Waals surface area contributed by atoms with Gasteiger partial charge in [0.05, 0.1) is 16.3 Å². The molecule has 2 aliphatic rings. The highest BCUT2D eigenvalue weighted by Gasteiger charge is 2.48. The first-order chi connectivity index (χ1) is 29.6. The number of benzene rings is 4. The van der Waals surface area contributed by atoms with Gasteiger partial charge in [-0.3, -0.25) is 14.5 Å². The Morgan fingerprint density at radius 2 is 1.61 bits per heavy atom. The molecular weight excluding hydrogens is 879 g/mol. The van der Waals surface area contributed by atoms with Crippen molar-refractivity contribution in [2.75, 3.05) is 56.1 Å². The number of rotatable bonds is 16. The van der Waals surface area contributed by atoms with Gasteiger partial charge in [0.1, 0.15) is 17.0 Å². The molecule has 330 valence electrons. The number of nitrogens with one attached hydrogen (secondary N) is 2. The lowest BCUT2D eigenvalue weighted by Gasteiger charge is -2.40. The third-order valence-electron chi connectivity index (χ3n) is 11.2. The summed E-state index contributed by atoms with van der Waals surface area (Å²) in [5.41, 5.74) is -1.24. The first-order valence-electron chi connectivity index (χ1n) is 20.3. The number of sulfonamides is 1. The topological polar surface area (TPSA) is 128 Å². The zero-order chi connectivity index (χ0) is 44.1. The number of hydrogen-bond donors (Lipinski definition) is 2. The quantitative estimate of drug-likeness (QED) is 0.0927. The average molecular weight is 929 g/mol. The first kappa shape index (κ1) is 45.8. The minimum atomic E-state index is -5.98. The van der Waals surface area contributed by atoms with Crippen LogP contribution < -0.4 is 10.0 Å². The number of nitrogens with zero attached hydrogens (tertiary/aromatic N) is 5. The first-order valence-corrected chi connectivity index (χ1v) is 24.6. The summed E-state index contributed by atoms with van der Waals surface area (Å²) < 4.78 is 98.8. The van der Waals surface area contributed by atoms with Crippen LogP contribution in [-0.4, -0.2) is 105 Å². The van der Waals surface area contributed by atoms with E-state index >= 15 is 0 Å². The maximum atomic E-state index is 14.2. The predicted molar refractivity (Wildman–Crippen MR) is 240 cm³/mol. The second-order valence-corrected chi connectivity index (χ2v) is 20.9. The van der Waals surface area contributed by atoms with Crippen LogP contribution in [0.4, 0.5) is 24.7 Å². The number of likely N-dealkylation sites (tertiary alicyclic amines) is 1. The van der Waals surface area contributed by atoms with Crippen molar-refractivity contribution in [1.82, 2.24) is 24.7 Å². The lowest BCUT2D eigenvalue weighted by Crippen LogP contribution is -2.46. The van der Waals surface area contributed by atoms with E-state index in [0.29, 0.717) is 66.6 Å². The van der Waals surface area contributed by atoms with Crippen molar-refractivity contribution in [3.63, 3.8) is 0 Å². The van der Waals surface area contributed by atoms with Crippen molar-refractivity contribution < 1.29 is 30.0 Å². The summed E-state index contributed by atoms with van der Waals surface area (Å²) in [4.78, 5) is 14.5. The number of alkyl halides is 3. The van der Waals surface area contributed by atoms with Crippen LogP contribution in [0.1, 0.15) is 36.1 Å². The van der Waals surface area contributed by atoms with E-state index in [9.17, 15) is 30.0 Å². The van der Waals surface area contributed by atoms with E-state index < -0.39 is 41.2 Å². The minimum Gasteiger partial charge on any atom is -0.380 e. The highest BCUT2D eigenvalue weighted by Crippen LogP contribution is 2.38. The third kappa shape index (κ3) is 11.1. The Kier molecular flexibility index (Phi) is 14.5. The summed E-state index contributed by atoms with van der Waals surface area (Å²) >= 11 is 7.61. The normalized spacial score (nSPS) is 16.2. The van der Waals surface area contributed by atoms with Gasteiger partial charge in [-0.05, 0) is 119 Å². The maximum Gasteiger partial charge on any atom is 0.501 e. The van der Waals surface area contributed by atoms with Gasteiger partial charge in [-0.25, -0.2) is 26.8 Å². The van der Waals surface area contributed by atoms with E-state index in [0.717, 1.165) is 55.1 Å². The Bertz CT molecular complexity index is 2550. The number of sulfone groups is 1. The van der Waals surface area contributed by atoms with Crippen LogP contribution in [0.15, 0.2) is 118 Å². The molecular formula is C44H49ClF3N7O4S3. The minimum absolute atomic E-state index is 0.00735. The van der Waals surface area contributed by atoms with Crippen molar-refractivity contribution in [3.05, 3.63) is 125 Å². The second kappa shape index (κ2) is 19.7. The van der Waals surface area contributed by atoms with Crippen LogP contribution in [0.3, 0.4) is 0 Å². The molecule has 5 aromatic rings. The molecule has 2 N–H and O–H groups in total. The van der Waals surface area contributed by atoms with Gasteiger partial charge >= 0.3 is 5.51 Å². The fourth-order valence-electron chi connectivity index (χ4n) is 7.89. The van der Waals surface area contributed by atoms with Crippen LogP contribution in [0.2, 0.25) is 5.02 Å². The Labute approximate surface area is 371 Å². The largest absolute Gasteiger partial charge is 0.501 e. The van der Waals surface area contributed by atoms with Gasteiger partial charge in [-0.1, -0.05) is 66.2 Å². The molecule has 1 atom stereocenters. The Morgan fingerprint density at radius 1 is 0.903 bits per heavy atom. The molecule has 4 aromatic carbocycles. The van der Waals surface area contributed by atoms with Crippen molar-refractivity contribution in [2.24, 2.45) is 0 Å². The van der Waals surface area contributed by atoms with Gasteiger partial charge in [0.25, 0.3) is 19.9 Å². The van der Waals surface area contributed by atoms with Crippen LogP contribution >= 0.6 is 23.4 Å². The van der Waals surface area contributed by atoms with Gasteiger partial charge < -0.3 is 10.2 Å². The summed E-state index contributed by atoms with van der Waals surface area (Å²) in [6.07, 6.45) is 4.05. The second-order valence-electron chi connectivity index (χ2n) is 15.8. The molecule has 62 heavy (non-hydrogen) atoms. The Morgan fingerprint density at radius 3 is 2.32 bits per heavy atom. The van der Waals surface area contributed by atoms with E-state index in [1.807, 2.05) is 79.7 Å². The van der Waals surface area contributed by atoms with Gasteiger partial charge in [-0.2, -0.15) is 13.2 Å². The van der Waals surface area contributed by atoms with E-state index in [2.05, 4.69) is 48.0 Å². The lowest BCUT2D eigenvalue weighted by atomic mass is 9.96. The van der Waals surface area contributed by atoms with E-state index in [-0.39, 0.29) is 11.5 Å². The van der Waals surface area contributed by atoms with Crippen molar-refractivity contribution in [2.45, 2.75) is 71.1 Å². The summed E-state index contributed by atoms with van der Waals surface area (Å²) in [6.45, 7) is 4.29. The number of halogens is 4. The fraction of sp³-hybridized carbons (Fsp3) is 0.364. The molecule has 0 radical (unpaired) electrons. The summed E-state index contributed by atoms with van der Waals surface area (Å²) in [6, 6.07) is 28.3. The number of fused-ring (bicyclic) bond motifs is 1. The van der Waals surface area contributed by atoms with Crippen LogP contribution in [0.25, 0.3) is 11.1 Å². The van der Waals surface area contributed by atoms with Crippen molar-refractivity contribution >= 4 is 54.7 Å². The zero-order valence-electron chi connectivity index (χ0n) is 34.4. The number of aromatic nitrogens is 2. The van der Waals surface area contributed by atoms with Crippen molar-refractivity contribution in [1.29, 1.82) is 0 Å². The molecule has 0 amide bonds. The molecule has 7 rings (SSSR count). The third-order valence-corrected chi connectivity index (χ3v) is 15.5. The van der Waals surface area contributed by atoms with Gasteiger partial charge in [-0.15, -0.1) is 11.8 Å². The summed E-state index contributed by atoms with van der Waals surface area (Å²) in [5, 5.41) is 3.70. The van der Waals surface area contributed by atoms with Crippen LogP contribution in [0, 0.1) is 0 Å². The molecule has 1 fully saturated rings. The van der Waals surface area contributed by atoms with Gasteiger partial charge in [0, 0.05) is 53.0 Å². The smallest absolute Gasteiger partial charge is 0.380 e. The zero-order valence-corrected chi connectivity index (χ0v) is 37.6. The van der Waals surface area contributed by atoms with Crippen LogP contribution in [-0.2, 0) is 39.4 Å². The molecule has 18 heteroatoms. The molecule has 2 aliphatic heterocycles. The molecule has 0 unspecified atom stereocenters. The van der Waals surface area contributed by atoms with Crippen LogP contribution in [0.5, 0.6) is 0 Å². The number of anilines is 2. The molecule has 0 bridgehead atoms.